The zero-order valence-electron chi connectivity index (χ0n) is 10.8. The molecule has 0 fully saturated rings. The summed E-state index contributed by atoms with van der Waals surface area (Å²) < 4.78 is 1.78. The molecule has 0 aliphatic rings. The number of hydrogen-bond donors (Lipinski definition) is 1. The van der Waals surface area contributed by atoms with Gasteiger partial charge >= 0.3 is 0 Å². The highest BCUT2D eigenvalue weighted by Crippen LogP contribution is 2.09. The maximum atomic E-state index is 5.68. The Kier molecular flexibility index (Phi) is 3.36. The molecule has 2 aromatic heterocycles. The van der Waals surface area contributed by atoms with Crippen LogP contribution in [-0.2, 0) is 13.0 Å². The molecule has 0 saturated heterocycles. The van der Waals surface area contributed by atoms with Crippen LogP contribution in [0.4, 0.5) is 5.69 Å². The summed E-state index contributed by atoms with van der Waals surface area (Å²) in [4.78, 5) is 4.29. The zero-order valence-corrected chi connectivity index (χ0v) is 10.8. The quantitative estimate of drug-likeness (QED) is 0.719. The predicted molar refractivity (Wildman–Crippen MR) is 74.8 cm³/mol. The second-order valence-corrected chi connectivity index (χ2v) is 4.49. The molecule has 0 saturated carbocycles. The van der Waals surface area contributed by atoms with Crippen LogP contribution in [0.2, 0.25) is 0 Å². The van der Waals surface area contributed by atoms with E-state index in [4.69, 9.17) is 5.73 Å². The van der Waals surface area contributed by atoms with Crippen molar-refractivity contribution in [3.05, 3.63) is 65.7 Å². The molecule has 0 radical (unpaired) electrons. The molecule has 0 amide bonds. The van der Waals surface area contributed by atoms with Gasteiger partial charge in [-0.05, 0) is 40.3 Å². The summed E-state index contributed by atoms with van der Waals surface area (Å²) in [5.74, 6) is 0.792. The molecule has 2 heterocycles. The van der Waals surface area contributed by atoms with E-state index in [1.807, 2.05) is 42.5 Å². The molecular weight excluding hydrogens is 252 g/mol. The van der Waals surface area contributed by atoms with E-state index in [-0.39, 0.29) is 0 Å². The van der Waals surface area contributed by atoms with Gasteiger partial charge in [0, 0.05) is 17.6 Å². The molecule has 2 N–H and O–H groups in total. The van der Waals surface area contributed by atoms with Crippen LogP contribution in [0.25, 0.3) is 0 Å². The number of tetrazole rings is 1. The highest BCUT2D eigenvalue weighted by Gasteiger charge is 2.08. The molecule has 3 rings (SSSR count). The summed E-state index contributed by atoms with van der Waals surface area (Å²) in [6, 6.07) is 13.5. The Morgan fingerprint density at radius 2 is 1.90 bits per heavy atom. The molecule has 0 aliphatic carbocycles. The normalized spacial score (nSPS) is 10.6. The number of benzene rings is 1. The Balaban J connectivity index is 1.78. The van der Waals surface area contributed by atoms with E-state index >= 15 is 0 Å². The minimum Gasteiger partial charge on any atom is -0.399 e. The first-order chi connectivity index (χ1) is 9.81. The van der Waals surface area contributed by atoms with Crippen LogP contribution >= 0.6 is 0 Å². The smallest absolute Gasteiger partial charge is 0.157 e. The third-order valence-corrected chi connectivity index (χ3v) is 2.98. The maximum Gasteiger partial charge on any atom is 0.157 e. The van der Waals surface area contributed by atoms with Crippen molar-refractivity contribution in [1.29, 1.82) is 0 Å². The van der Waals surface area contributed by atoms with E-state index in [9.17, 15) is 0 Å². The summed E-state index contributed by atoms with van der Waals surface area (Å²) in [7, 11) is 0. The monoisotopic (exact) mass is 266 g/mol. The van der Waals surface area contributed by atoms with Crippen molar-refractivity contribution >= 4 is 5.69 Å². The second-order valence-electron chi connectivity index (χ2n) is 4.49. The Labute approximate surface area is 116 Å². The number of nitrogens with two attached hydrogens (primary N) is 1. The number of nitrogen functional groups attached to an aromatic ring is 1. The van der Waals surface area contributed by atoms with Crippen LogP contribution in [0.15, 0.2) is 48.7 Å². The average Bonchev–Trinajstić information content (AvgIpc) is 2.90. The van der Waals surface area contributed by atoms with E-state index in [1.165, 1.54) is 0 Å². The van der Waals surface area contributed by atoms with Crippen LogP contribution in [0, 0.1) is 0 Å². The van der Waals surface area contributed by atoms with Crippen molar-refractivity contribution < 1.29 is 0 Å². The standard InChI is InChI=1S/C14H14N6/c15-12-6-4-11(5-7-12)10-20-14(17-18-19-20)9-13-3-1-2-8-16-13/h1-8H,9-10,15H2. The number of hydrogen-bond acceptors (Lipinski definition) is 5. The van der Waals surface area contributed by atoms with Crippen molar-refractivity contribution in [2.75, 3.05) is 5.73 Å². The lowest BCUT2D eigenvalue weighted by Crippen LogP contribution is -2.08. The SMILES string of the molecule is Nc1ccc(Cn2nnnc2Cc2ccccn2)cc1. The molecule has 1 aromatic carbocycles. The lowest BCUT2D eigenvalue weighted by Gasteiger charge is -2.05. The summed E-state index contributed by atoms with van der Waals surface area (Å²) in [5.41, 5.74) is 8.48. The third-order valence-electron chi connectivity index (χ3n) is 2.98. The Bertz CT molecular complexity index is 674. The van der Waals surface area contributed by atoms with Gasteiger partial charge in [-0.2, -0.15) is 0 Å². The Hall–Kier alpha value is -2.76. The molecule has 0 spiro atoms. The first-order valence-electron chi connectivity index (χ1n) is 6.30. The Morgan fingerprint density at radius 3 is 2.65 bits per heavy atom. The molecule has 0 bridgehead atoms. The first kappa shape index (κ1) is 12.3. The summed E-state index contributed by atoms with van der Waals surface area (Å²) in [5, 5.41) is 11.8. The van der Waals surface area contributed by atoms with Crippen LogP contribution < -0.4 is 5.73 Å². The third kappa shape index (κ3) is 2.80. The molecule has 0 aliphatic heterocycles. The van der Waals surface area contributed by atoms with Gasteiger partial charge in [-0.3, -0.25) is 4.98 Å². The van der Waals surface area contributed by atoms with E-state index in [0.29, 0.717) is 13.0 Å². The number of nitrogens with zero attached hydrogens (tertiary/aromatic N) is 5. The number of anilines is 1. The number of rotatable bonds is 4. The zero-order chi connectivity index (χ0) is 13.8. The molecule has 20 heavy (non-hydrogen) atoms. The van der Waals surface area contributed by atoms with Gasteiger partial charge < -0.3 is 5.73 Å². The van der Waals surface area contributed by atoms with E-state index < -0.39 is 0 Å². The van der Waals surface area contributed by atoms with Crippen molar-refractivity contribution in [3.63, 3.8) is 0 Å². The van der Waals surface area contributed by atoms with Crippen LogP contribution in [0.3, 0.4) is 0 Å². The minimum absolute atomic E-state index is 0.614. The maximum absolute atomic E-state index is 5.68. The second kappa shape index (κ2) is 5.48. The van der Waals surface area contributed by atoms with Gasteiger partial charge in [0.2, 0.25) is 0 Å². The van der Waals surface area contributed by atoms with Crippen molar-refractivity contribution in [1.82, 2.24) is 25.2 Å². The van der Waals surface area contributed by atoms with Crippen molar-refractivity contribution in [3.8, 4) is 0 Å². The molecule has 100 valence electrons. The summed E-state index contributed by atoms with van der Waals surface area (Å²) in [6.45, 7) is 0.620. The van der Waals surface area contributed by atoms with Crippen molar-refractivity contribution in [2.24, 2.45) is 0 Å². The van der Waals surface area contributed by atoms with Crippen LogP contribution in [-0.4, -0.2) is 25.2 Å². The van der Waals surface area contributed by atoms with Gasteiger partial charge in [0.15, 0.2) is 5.82 Å². The number of pyridine rings is 1. The van der Waals surface area contributed by atoms with Gasteiger partial charge in [-0.15, -0.1) is 5.10 Å². The lowest BCUT2D eigenvalue weighted by molar-refractivity contribution is 0.624. The van der Waals surface area contributed by atoms with E-state index in [2.05, 4.69) is 20.5 Å². The molecular formula is C14H14N6. The van der Waals surface area contributed by atoms with Gasteiger partial charge in [0.1, 0.15) is 0 Å². The average molecular weight is 266 g/mol. The predicted octanol–water partition coefficient (Wildman–Crippen LogP) is 1.29. The summed E-state index contributed by atoms with van der Waals surface area (Å²) >= 11 is 0. The molecule has 6 heteroatoms. The Morgan fingerprint density at radius 1 is 1.05 bits per heavy atom. The van der Waals surface area contributed by atoms with Crippen LogP contribution in [0.1, 0.15) is 17.1 Å². The highest BCUT2D eigenvalue weighted by molar-refractivity contribution is 5.39. The van der Waals surface area contributed by atoms with E-state index in [1.54, 1.807) is 10.9 Å². The minimum atomic E-state index is 0.614. The first-order valence-corrected chi connectivity index (χ1v) is 6.30. The van der Waals surface area contributed by atoms with Gasteiger partial charge in [-0.25, -0.2) is 4.68 Å². The molecule has 0 atom stereocenters. The number of aromatic nitrogens is 5. The van der Waals surface area contributed by atoms with Crippen LogP contribution in [0.5, 0.6) is 0 Å². The van der Waals surface area contributed by atoms with Gasteiger partial charge in [-0.1, -0.05) is 18.2 Å². The van der Waals surface area contributed by atoms with Gasteiger partial charge in [0.25, 0.3) is 0 Å². The summed E-state index contributed by atoms with van der Waals surface area (Å²) in [6.07, 6.45) is 2.38. The van der Waals surface area contributed by atoms with Gasteiger partial charge in [0.05, 0.1) is 13.0 Å². The molecule has 3 aromatic rings. The fraction of sp³-hybridized carbons (Fsp3) is 0.143. The topological polar surface area (TPSA) is 82.5 Å². The largest absolute Gasteiger partial charge is 0.399 e. The molecule has 0 unspecified atom stereocenters. The van der Waals surface area contributed by atoms with E-state index in [0.717, 1.165) is 22.8 Å². The highest BCUT2D eigenvalue weighted by atomic mass is 15.5. The molecule has 6 nitrogen and oxygen atoms in total. The lowest BCUT2D eigenvalue weighted by atomic mass is 10.2. The fourth-order valence-electron chi connectivity index (χ4n) is 1.93. The van der Waals surface area contributed by atoms with Crippen molar-refractivity contribution in [2.45, 2.75) is 13.0 Å². The fourth-order valence-corrected chi connectivity index (χ4v) is 1.93.